The summed E-state index contributed by atoms with van der Waals surface area (Å²) in [4.78, 5) is 13.0. The van der Waals surface area contributed by atoms with Crippen LogP contribution in [0.2, 0.25) is 0 Å². The summed E-state index contributed by atoms with van der Waals surface area (Å²) in [5, 5.41) is 1.99. The van der Waals surface area contributed by atoms with Crippen molar-refractivity contribution in [1.29, 1.82) is 0 Å². The standard InChI is InChI=1S/C8H17N3O/c1-8(12)9-11-5-3-4-10(2)6-7-11/h3-7H2,1-2H3,(H,9,12). The van der Waals surface area contributed by atoms with Crippen molar-refractivity contribution in [3.63, 3.8) is 0 Å². The third-order valence-corrected chi connectivity index (χ3v) is 2.04. The summed E-state index contributed by atoms with van der Waals surface area (Å²) < 4.78 is 0. The number of hydrogen-bond donors (Lipinski definition) is 1. The Morgan fingerprint density at radius 3 is 2.67 bits per heavy atom. The molecule has 0 bridgehead atoms. The van der Waals surface area contributed by atoms with Gasteiger partial charge in [0, 0.05) is 26.6 Å². The smallest absolute Gasteiger partial charge is 0.231 e. The quantitative estimate of drug-likeness (QED) is 0.587. The Morgan fingerprint density at radius 1 is 1.25 bits per heavy atom. The van der Waals surface area contributed by atoms with Crippen LogP contribution in [0, 0.1) is 0 Å². The maximum absolute atomic E-state index is 10.7. The van der Waals surface area contributed by atoms with Crippen molar-refractivity contribution in [2.45, 2.75) is 13.3 Å². The second kappa shape index (κ2) is 4.42. The maximum atomic E-state index is 10.7. The van der Waals surface area contributed by atoms with Crippen molar-refractivity contribution in [3.8, 4) is 0 Å². The predicted molar refractivity (Wildman–Crippen MR) is 47.5 cm³/mol. The fourth-order valence-corrected chi connectivity index (χ4v) is 1.38. The van der Waals surface area contributed by atoms with Crippen LogP contribution in [0.5, 0.6) is 0 Å². The topological polar surface area (TPSA) is 35.6 Å². The van der Waals surface area contributed by atoms with Crippen LogP contribution in [-0.4, -0.2) is 49.0 Å². The Bertz CT molecular complexity index is 160. The number of nitrogens with one attached hydrogen (secondary N) is 1. The Kier molecular flexibility index (Phi) is 3.49. The molecule has 1 amide bonds. The molecule has 0 atom stereocenters. The lowest BCUT2D eigenvalue weighted by Gasteiger charge is -2.19. The van der Waals surface area contributed by atoms with Crippen LogP contribution < -0.4 is 5.43 Å². The number of rotatable bonds is 1. The molecule has 1 N–H and O–H groups in total. The fraction of sp³-hybridized carbons (Fsp3) is 0.875. The van der Waals surface area contributed by atoms with Crippen molar-refractivity contribution >= 4 is 5.91 Å². The minimum Gasteiger partial charge on any atom is -0.305 e. The highest BCUT2D eigenvalue weighted by Gasteiger charge is 2.11. The maximum Gasteiger partial charge on any atom is 0.231 e. The van der Waals surface area contributed by atoms with E-state index in [2.05, 4.69) is 17.4 Å². The van der Waals surface area contributed by atoms with Gasteiger partial charge in [0.2, 0.25) is 5.91 Å². The molecule has 0 aromatic rings. The largest absolute Gasteiger partial charge is 0.305 e. The molecule has 1 saturated heterocycles. The monoisotopic (exact) mass is 171 g/mol. The molecule has 0 saturated carbocycles. The summed E-state index contributed by atoms with van der Waals surface area (Å²) >= 11 is 0. The molecule has 1 aliphatic heterocycles. The summed E-state index contributed by atoms with van der Waals surface area (Å²) in [5.74, 6) is 0.0274. The minimum atomic E-state index is 0.0274. The van der Waals surface area contributed by atoms with Crippen molar-refractivity contribution in [3.05, 3.63) is 0 Å². The van der Waals surface area contributed by atoms with Crippen molar-refractivity contribution in [2.75, 3.05) is 33.2 Å². The van der Waals surface area contributed by atoms with Gasteiger partial charge < -0.3 is 4.90 Å². The average Bonchev–Trinajstić information content (AvgIpc) is 2.15. The van der Waals surface area contributed by atoms with Crippen LogP contribution in [0.4, 0.5) is 0 Å². The van der Waals surface area contributed by atoms with Crippen molar-refractivity contribution in [2.24, 2.45) is 0 Å². The molecule has 0 spiro atoms. The second-order valence-electron chi connectivity index (χ2n) is 3.31. The van der Waals surface area contributed by atoms with E-state index in [0.717, 1.165) is 32.6 Å². The van der Waals surface area contributed by atoms with Gasteiger partial charge in [-0.05, 0) is 20.0 Å². The summed E-state index contributed by atoms with van der Waals surface area (Å²) in [6.07, 6.45) is 1.12. The van der Waals surface area contributed by atoms with Gasteiger partial charge in [0.15, 0.2) is 0 Å². The predicted octanol–water partition coefficient (Wildman–Crippen LogP) is -0.325. The van der Waals surface area contributed by atoms with E-state index in [1.165, 1.54) is 0 Å². The molecule has 0 aliphatic carbocycles. The number of carbonyl (C=O) groups is 1. The number of amides is 1. The molecule has 0 aromatic carbocycles. The number of carbonyl (C=O) groups excluding carboxylic acids is 1. The molecular formula is C8H17N3O. The van der Waals surface area contributed by atoms with Gasteiger partial charge >= 0.3 is 0 Å². The van der Waals surface area contributed by atoms with Gasteiger partial charge in [0.25, 0.3) is 0 Å². The molecule has 12 heavy (non-hydrogen) atoms. The van der Waals surface area contributed by atoms with Gasteiger partial charge in [0.1, 0.15) is 0 Å². The van der Waals surface area contributed by atoms with Gasteiger partial charge in [-0.2, -0.15) is 0 Å². The Labute approximate surface area is 73.5 Å². The third-order valence-electron chi connectivity index (χ3n) is 2.04. The van der Waals surface area contributed by atoms with E-state index in [1.54, 1.807) is 6.92 Å². The zero-order chi connectivity index (χ0) is 8.97. The third kappa shape index (κ3) is 3.19. The van der Waals surface area contributed by atoms with E-state index in [-0.39, 0.29) is 5.91 Å². The average molecular weight is 171 g/mol. The van der Waals surface area contributed by atoms with Crippen LogP contribution >= 0.6 is 0 Å². The SMILES string of the molecule is CC(=O)NN1CCCN(C)CC1. The first kappa shape index (κ1) is 9.48. The van der Waals surface area contributed by atoms with E-state index in [1.807, 2.05) is 5.01 Å². The van der Waals surface area contributed by atoms with E-state index in [9.17, 15) is 4.79 Å². The second-order valence-corrected chi connectivity index (χ2v) is 3.31. The van der Waals surface area contributed by atoms with Crippen LogP contribution in [0.3, 0.4) is 0 Å². The lowest BCUT2D eigenvalue weighted by atomic mass is 10.4. The summed E-state index contributed by atoms with van der Waals surface area (Å²) in [6, 6.07) is 0. The molecule has 4 nitrogen and oxygen atoms in total. The van der Waals surface area contributed by atoms with E-state index in [0.29, 0.717) is 0 Å². The molecular weight excluding hydrogens is 154 g/mol. The van der Waals surface area contributed by atoms with E-state index in [4.69, 9.17) is 0 Å². The fourth-order valence-electron chi connectivity index (χ4n) is 1.38. The van der Waals surface area contributed by atoms with Crippen molar-refractivity contribution in [1.82, 2.24) is 15.3 Å². The Hall–Kier alpha value is -0.610. The first-order chi connectivity index (χ1) is 5.68. The highest BCUT2D eigenvalue weighted by atomic mass is 16.2. The van der Waals surface area contributed by atoms with E-state index >= 15 is 0 Å². The number of nitrogens with zero attached hydrogens (tertiary/aromatic N) is 2. The van der Waals surface area contributed by atoms with Crippen LogP contribution in [-0.2, 0) is 4.79 Å². The van der Waals surface area contributed by atoms with Crippen LogP contribution in [0.1, 0.15) is 13.3 Å². The lowest BCUT2D eigenvalue weighted by Crippen LogP contribution is -2.42. The molecule has 1 fully saturated rings. The van der Waals surface area contributed by atoms with Crippen molar-refractivity contribution < 1.29 is 4.79 Å². The number of likely N-dealkylation sites (N-methyl/N-ethyl adjacent to an activating group) is 1. The summed E-state index contributed by atoms with van der Waals surface area (Å²) in [5.41, 5.74) is 2.81. The Morgan fingerprint density at radius 2 is 2.00 bits per heavy atom. The summed E-state index contributed by atoms with van der Waals surface area (Å²) in [7, 11) is 2.11. The molecule has 70 valence electrons. The van der Waals surface area contributed by atoms with Gasteiger partial charge in [-0.25, -0.2) is 5.01 Å². The highest BCUT2D eigenvalue weighted by Crippen LogP contribution is 1.97. The molecule has 1 aliphatic rings. The van der Waals surface area contributed by atoms with Gasteiger partial charge in [-0.15, -0.1) is 0 Å². The number of hydrazine groups is 1. The first-order valence-electron chi connectivity index (χ1n) is 4.39. The van der Waals surface area contributed by atoms with Gasteiger partial charge in [-0.1, -0.05) is 0 Å². The van der Waals surface area contributed by atoms with E-state index < -0.39 is 0 Å². The molecule has 0 unspecified atom stereocenters. The zero-order valence-corrected chi connectivity index (χ0v) is 7.84. The molecule has 1 heterocycles. The first-order valence-corrected chi connectivity index (χ1v) is 4.39. The van der Waals surface area contributed by atoms with Gasteiger partial charge in [-0.3, -0.25) is 10.2 Å². The molecule has 0 radical (unpaired) electrons. The Balaban J connectivity index is 2.30. The molecule has 4 heteroatoms. The molecule has 0 aromatic heterocycles. The highest BCUT2D eigenvalue weighted by molar-refractivity contribution is 5.72. The summed E-state index contributed by atoms with van der Waals surface area (Å²) in [6.45, 7) is 5.59. The van der Waals surface area contributed by atoms with Gasteiger partial charge in [0.05, 0.1) is 0 Å². The normalized spacial score (nSPS) is 21.8. The minimum absolute atomic E-state index is 0.0274. The number of hydrogen-bond acceptors (Lipinski definition) is 3. The van der Waals surface area contributed by atoms with Crippen LogP contribution in [0.25, 0.3) is 0 Å². The lowest BCUT2D eigenvalue weighted by molar-refractivity contribution is -0.123. The molecule has 1 rings (SSSR count). The zero-order valence-electron chi connectivity index (χ0n) is 7.84. The van der Waals surface area contributed by atoms with Crippen LogP contribution in [0.15, 0.2) is 0 Å².